The van der Waals surface area contributed by atoms with E-state index in [1.54, 1.807) is 0 Å². The first kappa shape index (κ1) is 15.7. The highest BCUT2D eigenvalue weighted by atomic mass is 32.2. The predicted molar refractivity (Wildman–Crippen MR) is 72.1 cm³/mol. The van der Waals surface area contributed by atoms with Crippen LogP contribution in [0.25, 0.3) is 0 Å². The zero-order valence-corrected chi connectivity index (χ0v) is 11.9. The quantitative estimate of drug-likeness (QED) is 0.593. The van der Waals surface area contributed by atoms with Crippen LogP contribution in [0.1, 0.15) is 26.2 Å². The van der Waals surface area contributed by atoms with E-state index in [0.717, 1.165) is 25.3 Å². The molecular weight excluding hydrogens is 271 g/mol. The maximum Gasteiger partial charge on any atom is 0.240 e. The SMILES string of the molecule is CCCCCNS(=O)(=O)c1cc(N)c(OC)c(F)c1. The van der Waals surface area contributed by atoms with E-state index in [1.165, 1.54) is 13.2 Å². The second-order valence-electron chi connectivity index (χ2n) is 4.13. The zero-order valence-electron chi connectivity index (χ0n) is 11.1. The average molecular weight is 290 g/mol. The fourth-order valence-corrected chi connectivity index (χ4v) is 2.74. The molecule has 5 nitrogen and oxygen atoms in total. The smallest absolute Gasteiger partial charge is 0.240 e. The van der Waals surface area contributed by atoms with Gasteiger partial charge in [0.05, 0.1) is 17.7 Å². The molecule has 0 heterocycles. The summed E-state index contributed by atoms with van der Waals surface area (Å²) in [6.45, 7) is 2.35. The van der Waals surface area contributed by atoms with Crippen molar-refractivity contribution in [3.8, 4) is 5.75 Å². The molecule has 0 saturated carbocycles. The normalized spacial score (nSPS) is 11.5. The van der Waals surface area contributed by atoms with E-state index in [2.05, 4.69) is 4.72 Å². The number of hydrogen-bond acceptors (Lipinski definition) is 4. The number of hydrogen-bond donors (Lipinski definition) is 2. The van der Waals surface area contributed by atoms with Gasteiger partial charge in [0.1, 0.15) is 0 Å². The van der Waals surface area contributed by atoms with Gasteiger partial charge in [0, 0.05) is 6.54 Å². The second-order valence-corrected chi connectivity index (χ2v) is 5.90. The van der Waals surface area contributed by atoms with Gasteiger partial charge in [0.2, 0.25) is 10.0 Å². The van der Waals surface area contributed by atoms with Crippen molar-refractivity contribution in [1.29, 1.82) is 0 Å². The summed E-state index contributed by atoms with van der Waals surface area (Å²) in [5.41, 5.74) is 5.50. The summed E-state index contributed by atoms with van der Waals surface area (Å²) in [5.74, 6) is -0.943. The number of sulfonamides is 1. The third-order valence-corrected chi connectivity index (χ3v) is 4.07. The largest absolute Gasteiger partial charge is 0.492 e. The molecule has 1 aromatic carbocycles. The van der Waals surface area contributed by atoms with Gasteiger partial charge in [-0.1, -0.05) is 19.8 Å². The minimum absolute atomic E-state index is 0.0450. The Kier molecular flexibility index (Phi) is 5.56. The van der Waals surface area contributed by atoms with Gasteiger partial charge in [-0.15, -0.1) is 0 Å². The Hall–Kier alpha value is -1.34. The molecule has 7 heteroatoms. The lowest BCUT2D eigenvalue weighted by molar-refractivity contribution is 0.388. The summed E-state index contributed by atoms with van der Waals surface area (Å²) in [6.07, 6.45) is 2.66. The fraction of sp³-hybridized carbons (Fsp3) is 0.500. The van der Waals surface area contributed by atoms with Crippen LogP contribution < -0.4 is 15.2 Å². The standard InChI is InChI=1S/C12H19FN2O3S/c1-3-4-5-6-15-19(16,17)9-7-10(13)12(18-2)11(14)8-9/h7-8,15H,3-6,14H2,1-2H3. The maximum absolute atomic E-state index is 13.6. The summed E-state index contributed by atoms with van der Waals surface area (Å²) in [7, 11) is -2.47. The number of methoxy groups -OCH3 is 1. The van der Waals surface area contributed by atoms with Crippen molar-refractivity contribution in [2.24, 2.45) is 0 Å². The van der Waals surface area contributed by atoms with E-state index in [4.69, 9.17) is 10.5 Å². The first-order chi connectivity index (χ1) is 8.92. The van der Waals surface area contributed by atoms with Gasteiger partial charge < -0.3 is 10.5 Å². The molecule has 1 aromatic rings. The van der Waals surface area contributed by atoms with Gasteiger partial charge in [-0.3, -0.25) is 0 Å². The van der Waals surface area contributed by atoms with E-state index in [1.807, 2.05) is 6.92 Å². The van der Waals surface area contributed by atoms with E-state index < -0.39 is 15.8 Å². The zero-order chi connectivity index (χ0) is 14.5. The lowest BCUT2D eigenvalue weighted by Crippen LogP contribution is -2.25. The first-order valence-electron chi connectivity index (χ1n) is 6.05. The molecule has 0 radical (unpaired) electrons. The number of halogens is 1. The Morgan fingerprint density at radius 3 is 2.58 bits per heavy atom. The summed E-state index contributed by atoms with van der Waals surface area (Å²) in [4.78, 5) is -0.195. The summed E-state index contributed by atoms with van der Waals surface area (Å²) in [6, 6.07) is 2.08. The van der Waals surface area contributed by atoms with Crippen LogP contribution in [0.5, 0.6) is 5.75 Å². The highest BCUT2D eigenvalue weighted by molar-refractivity contribution is 7.89. The maximum atomic E-state index is 13.6. The highest BCUT2D eigenvalue weighted by Crippen LogP contribution is 2.28. The number of rotatable bonds is 7. The number of nitrogens with two attached hydrogens (primary N) is 1. The fourth-order valence-electron chi connectivity index (χ4n) is 1.62. The van der Waals surface area contributed by atoms with Gasteiger partial charge in [-0.2, -0.15) is 0 Å². The molecule has 19 heavy (non-hydrogen) atoms. The summed E-state index contributed by atoms with van der Waals surface area (Å²) >= 11 is 0. The molecule has 0 aliphatic rings. The third kappa shape index (κ3) is 4.07. The van der Waals surface area contributed by atoms with Gasteiger partial charge in [0.15, 0.2) is 11.6 Å². The molecule has 0 saturated heterocycles. The predicted octanol–water partition coefficient (Wildman–Crippen LogP) is 1.89. The lowest BCUT2D eigenvalue weighted by Gasteiger charge is -2.10. The number of ether oxygens (including phenoxy) is 1. The molecule has 0 unspecified atom stereocenters. The van der Waals surface area contributed by atoms with Crippen LogP contribution >= 0.6 is 0 Å². The van der Waals surface area contributed by atoms with Crippen LogP contribution in [0.2, 0.25) is 0 Å². The average Bonchev–Trinajstić information content (AvgIpc) is 2.34. The van der Waals surface area contributed by atoms with Crippen molar-refractivity contribution in [3.05, 3.63) is 17.9 Å². The van der Waals surface area contributed by atoms with Crippen LogP contribution in [-0.2, 0) is 10.0 Å². The van der Waals surface area contributed by atoms with Gasteiger partial charge in [0.25, 0.3) is 0 Å². The third-order valence-electron chi connectivity index (χ3n) is 2.63. The van der Waals surface area contributed by atoms with Crippen LogP contribution in [-0.4, -0.2) is 22.1 Å². The molecule has 0 aromatic heterocycles. The molecule has 0 atom stereocenters. The second kappa shape index (κ2) is 6.72. The Morgan fingerprint density at radius 2 is 2.05 bits per heavy atom. The molecule has 0 aliphatic heterocycles. The van der Waals surface area contributed by atoms with Crippen LogP contribution in [0.4, 0.5) is 10.1 Å². The van der Waals surface area contributed by atoms with Crippen molar-refractivity contribution < 1.29 is 17.5 Å². The van der Waals surface area contributed by atoms with Crippen molar-refractivity contribution >= 4 is 15.7 Å². The Bertz CT molecular complexity index is 509. The number of nitrogens with one attached hydrogen (secondary N) is 1. The Morgan fingerprint density at radius 1 is 1.37 bits per heavy atom. The molecule has 3 N–H and O–H groups in total. The van der Waals surface area contributed by atoms with Crippen LogP contribution in [0.15, 0.2) is 17.0 Å². The van der Waals surface area contributed by atoms with Crippen molar-refractivity contribution in [1.82, 2.24) is 4.72 Å². The van der Waals surface area contributed by atoms with Gasteiger partial charge >= 0.3 is 0 Å². The Balaban J connectivity index is 2.90. The Labute approximate surface area is 113 Å². The van der Waals surface area contributed by atoms with Crippen molar-refractivity contribution in [2.75, 3.05) is 19.4 Å². The van der Waals surface area contributed by atoms with E-state index >= 15 is 0 Å². The number of nitrogen functional groups attached to an aromatic ring is 1. The van der Waals surface area contributed by atoms with Crippen molar-refractivity contribution in [2.45, 2.75) is 31.1 Å². The van der Waals surface area contributed by atoms with E-state index in [9.17, 15) is 12.8 Å². The molecule has 0 fully saturated rings. The number of benzene rings is 1. The van der Waals surface area contributed by atoms with Gasteiger partial charge in [-0.05, 0) is 18.6 Å². The molecular formula is C12H19FN2O3S. The van der Waals surface area contributed by atoms with E-state index in [-0.39, 0.29) is 16.3 Å². The van der Waals surface area contributed by atoms with Crippen LogP contribution in [0.3, 0.4) is 0 Å². The van der Waals surface area contributed by atoms with Crippen LogP contribution in [0, 0.1) is 5.82 Å². The highest BCUT2D eigenvalue weighted by Gasteiger charge is 2.18. The summed E-state index contributed by atoms with van der Waals surface area (Å²) in [5, 5.41) is 0. The van der Waals surface area contributed by atoms with Crippen molar-refractivity contribution in [3.63, 3.8) is 0 Å². The van der Waals surface area contributed by atoms with E-state index in [0.29, 0.717) is 6.54 Å². The molecule has 0 bridgehead atoms. The molecule has 0 aliphatic carbocycles. The molecule has 1 rings (SSSR count). The molecule has 108 valence electrons. The first-order valence-corrected chi connectivity index (χ1v) is 7.53. The topological polar surface area (TPSA) is 81.4 Å². The number of anilines is 1. The number of unbranched alkanes of at least 4 members (excludes halogenated alkanes) is 2. The molecule has 0 spiro atoms. The lowest BCUT2D eigenvalue weighted by atomic mass is 10.3. The minimum atomic E-state index is -3.74. The van der Waals surface area contributed by atoms with Gasteiger partial charge in [-0.25, -0.2) is 17.5 Å². The monoisotopic (exact) mass is 290 g/mol. The molecule has 0 amide bonds. The minimum Gasteiger partial charge on any atom is -0.492 e. The summed E-state index contributed by atoms with van der Waals surface area (Å²) < 4.78 is 44.6.